The molecule has 0 aliphatic carbocycles. The number of rotatable bonds is 7. The average Bonchev–Trinajstić information content (AvgIpc) is 2.94. The summed E-state index contributed by atoms with van der Waals surface area (Å²) in [5.74, 6) is -0.482. The first-order valence-corrected chi connectivity index (χ1v) is 9.51. The van der Waals surface area contributed by atoms with Crippen LogP contribution in [0.25, 0.3) is 0 Å². The number of amides is 1. The van der Waals surface area contributed by atoms with Crippen LogP contribution in [-0.2, 0) is 9.59 Å². The van der Waals surface area contributed by atoms with Crippen LogP contribution in [0.1, 0.15) is 38.8 Å². The van der Waals surface area contributed by atoms with Crippen molar-refractivity contribution in [1.29, 1.82) is 0 Å². The van der Waals surface area contributed by atoms with E-state index in [4.69, 9.17) is 4.74 Å². The molecule has 0 radical (unpaired) electrons. The second kappa shape index (κ2) is 8.30. The van der Waals surface area contributed by atoms with Gasteiger partial charge in [0.2, 0.25) is 0 Å². The Kier molecular flexibility index (Phi) is 5.83. The minimum absolute atomic E-state index is 0.115. The van der Waals surface area contributed by atoms with Crippen LogP contribution in [0.2, 0.25) is 0 Å². The Morgan fingerprint density at radius 1 is 1.14 bits per heavy atom. The third-order valence-corrected chi connectivity index (χ3v) is 4.62. The number of Topliss-reactive ketones (excluding diaryl/α,β-unsaturated/α-hetero) is 1. The van der Waals surface area contributed by atoms with Crippen molar-refractivity contribution in [2.24, 2.45) is 5.92 Å². The van der Waals surface area contributed by atoms with E-state index in [1.165, 1.54) is 4.90 Å². The van der Waals surface area contributed by atoms with E-state index in [2.05, 4.69) is 0 Å². The van der Waals surface area contributed by atoms with Gasteiger partial charge < -0.3 is 9.84 Å². The molecule has 0 spiro atoms. The number of nitrogens with zero attached hydrogens (tertiary/aromatic N) is 1. The van der Waals surface area contributed by atoms with Crippen molar-refractivity contribution in [3.63, 3.8) is 0 Å². The fourth-order valence-corrected chi connectivity index (χ4v) is 3.48. The van der Waals surface area contributed by atoms with Gasteiger partial charge in [-0.1, -0.05) is 44.2 Å². The van der Waals surface area contributed by atoms with Crippen LogP contribution in [0.3, 0.4) is 0 Å². The Labute approximate surface area is 165 Å². The highest BCUT2D eigenvalue weighted by molar-refractivity contribution is 6.16. The number of carbonyl (C=O) groups excluding carboxylic acids is 2. The van der Waals surface area contributed by atoms with Gasteiger partial charge in [-0.05, 0) is 42.7 Å². The van der Waals surface area contributed by atoms with Gasteiger partial charge in [0.25, 0.3) is 5.91 Å². The average molecular weight is 379 g/mol. The number of carbonyl (C=O) groups is 2. The van der Waals surface area contributed by atoms with Gasteiger partial charge in [-0.15, -0.1) is 0 Å². The van der Waals surface area contributed by atoms with E-state index in [-0.39, 0.29) is 23.7 Å². The monoisotopic (exact) mass is 379 g/mol. The molecule has 1 amide bonds. The van der Waals surface area contributed by atoms with Gasteiger partial charge in [-0.25, -0.2) is 0 Å². The summed E-state index contributed by atoms with van der Waals surface area (Å²) in [5, 5.41) is 10.6. The second-order valence-electron chi connectivity index (χ2n) is 7.20. The molecular weight excluding hydrogens is 354 g/mol. The first-order valence-electron chi connectivity index (χ1n) is 9.51. The van der Waals surface area contributed by atoms with E-state index in [0.29, 0.717) is 18.0 Å². The quantitative estimate of drug-likeness (QED) is 0.763. The highest BCUT2D eigenvalue weighted by Crippen LogP contribution is 2.42. The Balaban J connectivity index is 2.13. The van der Waals surface area contributed by atoms with Crippen molar-refractivity contribution in [3.05, 3.63) is 71.5 Å². The number of hydrogen-bond donors (Lipinski definition) is 1. The topological polar surface area (TPSA) is 66.8 Å². The van der Waals surface area contributed by atoms with E-state index in [1.54, 1.807) is 12.1 Å². The zero-order valence-corrected chi connectivity index (χ0v) is 16.4. The maximum Gasteiger partial charge on any atom is 0.294 e. The summed E-state index contributed by atoms with van der Waals surface area (Å²) in [6, 6.07) is 15.7. The SMILES string of the molecule is CCOc1cccc(C2C(C(=O)CC(C)C)=C(O)C(=O)N2c2ccccc2)c1. The molecule has 1 N–H and O–H groups in total. The third kappa shape index (κ3) is 3.79. The van der Waals surface area contributed by atoms with Crippen LogP contribution in [0.15, 0.2) is 65.9 Å². The van der Waals surface area contributed by atoms with Crippen molar-refractivity contribution in [2.75, 3.05) is 11.5 Å². The highest BCUT2D eigenvalue weighted by Gasteiger charge is 2.44. The maximum absolute atomic E-state index is 13.0. The standard InChI is InChI=1S/C23H25NO4/c1-4-28-18-12-8-9-16(14-18)21-20(19(25)13-15(2)3)22(26)23(27)24(21)17-10-6-5-7-11-17/h5-12,14-15,21,26H,4,13H2,1-3H3. The second-order valence-corrected chi connectivity index (χ2v) is 7.20. The molecule has 1 atom stereocenters. The summed E-state index contributed by atoms with van der Waals surface area (Å²) in [7, 11) is 0. The lowest BCUT2D eigenvalue weighted by molar-refractivity contribution is -0.118. The van der Waals surface area contributed by atoms with E-state index in [1.807, 2.05) is 63.2 Å². The predicted molar refractivity (Wildman–Crippen MR) is 108 cm³/mol. The molecule has 5 nitrogen and oxygen atoms in total. The third-order valence-electron chi connectivity index (χ3n) is 4.62. The van der Waals surface area contributed by atoms with Gasteiger partial charge in [0, 0.05) is 12.1 Å². The minimum atomic E-state index is -0.693. The number of aliphatic hydroxyl groups excluding tert-OH is 1. The van der Waals surface area contributed by atoms with Gasteiger partial charge in [0.1, 0.15) is 5.75 Å². The Morgan fingerprint density at radius 3 is 2.50 bits per heavy atom. The van der Waals surface area contributed by atoms with Crippen molar-refractivity contribution < 1.29 is 19.4 Å². The molecule has 0 bridgehead atoms. The fraction of sp³-hybridized carbons (Fsp3) is 0.304. The molecule has 0 fully saturated rings. The first-order chi connectivity index (χ1) is 13.4. The van der Waals surface area contributed by atoms with E-state index in [0.717, 1.165) is 5.56 Å². The molecule has 28 heavy (non-hydrogen) atoms. The van der Waals surface area contributed by atoms with Gasteiger partial charge in [0.05, 0.1) is 18.2 Å². The maximum atomic E-state index is 13.0. The number of hydrogen-bond acceptors (Lipinski definition) is 4. The number of benzene rings is 2. The molecule has 0 aromatic heterocycles. The molecule has 1 unspecified atom stereocenters. The number of aliphatic hydroxyl groups is 1. The number of ketones is 1. The molecule has 2 aromatic rings. The lowest BCUT2D eigenvalue weighted by atomic mass is 9.92. The summed E-state index contributed by atoms with van der Waals surface area (Å²) < 4.78 is 5.59. The lowest BCUT2D eigenvalue weighted by Gasteiger charge is -2.27. The number of anilines is 1. The number of para-hydroxylation sites is 1. The van der Waals surface area contributed by atoms with E-state index in [9.17, 15) is 14.7 Å². The zero-order valence-electron chi connectivity index (χ0n) is 16.4. The molecule has 146 valence electrons. The molecular formula is C23H25NO4. The van der Waals surface area contributed by atoms with Gasteiger partial charge in [-0.3, -0.25) is 14.5 Å². The van der Waals surface area contributed by atoms with Crippen molar-refractivity contribution in [3.8, 4) is 5.75 Å². The molecule has 5 heteroatoms. The predicted octanol–water partition coefficient (Wildman–Crippen LogP) is 4.60. The molecule has 2 aromatic carbocycles. The first kappa shape index (κ1) is 19.7. The van der Waals surface area contributed by atoms with Gasteiger partial charge >= 0.3 is 0 Å². The minimum Gasteiger partial charge on any atom is -0.503 e. The van der Waals surface area contributed by atoms with Crippen LogP contribution in [0.5, 0.6) is 5.75 Å². The largest absolute Gasteiger partial charge is 0.503 e. The Hall–Kier alpha value is -3.08. The normalized spacial score (nSPS) is 16.8. The van der Waals surface area contributed by atoms with Crippen LogP contribution in [0, 0.1) is 5.92 Å². The summed E-state index contributed by atoms with van der Waals surface area (Å²) >= 11 is 0. The molecule has 0 saturated carbocycles. The smallest absolute Gasteiger partial charge is 0.294 e. The molecule has 1 heterocycles. The van der Waals surface area contributed by atoms with Gasteiger partial charge in [-0.2, -0.15) is 0 Å². The van der Waals surface area contributed by atoms with Crippen molar-refractivity contribution in [2.45, 2.75) is 33.2 Å². The Bertz CT molecular complexity index is 902. The molecule has 0 saturated heterocycles. The summed E-state index contributed by atoms with van der Waals surface area (Å²) in [5.41, 5.74) is 1.49. The highest BCUT2D eigenvalue weighted by atomic mass is 16.5. The van der Waals surface area contributed by atoms with Crippen LogP contribution in [0.4, 0.5) is 5.69 Å². The Morgan fingerprint density at radius 2 is 1.86 bits per heavy atom. The summed E-state index contributed by atoms with van der Waals surface area (Å²) in [4.78, 5) is 27.4. The lowest BCUT2D eigenvalue weighted by Crippen LogP contribution is -2.31. The van der Waals surface area contributed by atoms with Crippen LogP contribution in [-0.4, -0.2) is 23.4 Å². The summed E-state index contributed by atoms with van der Waals surface area (Å²) in [6.45, 7) is 6.28. The molecule has 1 aliphatic rings. The molecule has 1 aliphatic heterocycles. The van der Waals surface area contributed by atoms with Crippen molar-refractivity contribution >= 4 is 17.4 Å². The number of ether oxygens (including phenoxy) is 1. The summed E-state index contributed by atoms with van der Waals surface area (Å²) in [6.07, 6.45) is 0.261. The van der Waals surface area contributed by atoms with Crippen LogP contribution >= 0.6 is 0 Å². The van der Waals surface area contributed by atoms with Gasteiger partial charge in [0.15, 0.2) is 11.5 Å². The van der Waals surface area contributed by atoms with Crippen molar-refractivity contribution in [1.82, 2.24) is 0 Å². The fourth-order valence-electron chi connectivity index (χ4n) is 3.48. The zero-order chi connectivity index (χ0) is 20.3. The van der Waals surface area contributed by atoms with Crippen LogP contribution < -0.4 is 9.64 Å². The molecule has 3 rings (SSSR count). The van der Waals surface area contributed by atoms with E-state index >= 15 is 0 Å². The van der Waals surface area contributed by atoms with E-state index < -0.39 is 17.7 Å².